The lowest BCUT2D eigenvalue weighted by Crippen LogP contribution is -2.23. The van der Waals surface area contributed by atoms with E-state index in [2.05, 4.69) is 272 Å². The fraction of sp³-hybridized carbons (Fsp3) is 0.0303. The van der Waals surface area contributed by atoms with Crippen LogP contribution >= 0.6 is 11.6 Å². The Bertz CT molecular complexity index is 3650. The maximum Gasteiger partial charge on any atom is 0.0482 e. The third kappa shape index (κ3) is 7.56. The number of benzene rings is 11. The quantitative estimate of drug-likeness (QED) is 0.135. The summed E-state index contributed by atoms with van der Waals surface area (Å²) in [4.78, 5) is 4.68. The highest BCUT2D eigenvalue weighted by atomic mass is 35.5. The number of rotatable bonds is 10. The van der Waals surface area contributed by atoms with Crippen LogP contribution in [0.15, 0.2) is 267 Å². The molecule has 0 spiro atoms. The Kier molecular flexibility index (Phi) is 10.7. The lowest BCUT2D eigenvalue weighted by molar-refractivity contribution is 0.716. The van der Waals surface area contributed by atoms with Crippen LogP contribution in [0, 0.1) is 0 Å². The first-order valence-corrected chi connectivity index (χ1v) is 24.0. The van der Waals surface area contributed by atoms with E-state index in [0.29, 0.717) is 5.02 Å². The molecular formula is C66H47ClN2. The summed E-state index contributed by atoms with van der Waals surface area (Å²) in [7, 11) is 0. The van der Waals surface area contributed by atoms with Crippen molar-refractivity contribution >= 4 is 56.5 Å². The number of hydrogen-bond acceptors (Lipinski definition) is 2. The predicted octanol–water partition coefficient (Wildman–Crippen LogP) is 18.8. The summed E-state index contributed by atoms with van der Waals surface area (Å²) in [6.45, 7) is 2.41. The first-order chi connectivity index (χ1) is 34.0. The molecule has 11 aromatic carbocycles. The standard InChI is InChI=1S/C66H47ClN2/c1-66(51-25-7-3-8-26-51)64-43-48(46-19-5-2-6-20-46)39-40-62(64)63-38-18-37-61(65(63)66)50-24-14-31-55(42-50)69(56-32-16-27-52(67)44-56)58-34-17-33-57(45-58)68(53-28-9-4-10-29-53)54-30-13-23-49(41-54)60-36-15-22-47-21-11-12-35-59(47)60/h2-45H,1H3. The summed E-state index contributed by atoms with van der Waals surface area (Å²) < 4.78 is 0. The van der Waals surface area contributed by atoms with Crippen LogP contribution in [-0.2, 0) is 5.41 Å². The summed E-state index contributed by atoms with van der Waals surface area (Å²) in [5.74, 6) is 0. The maximum absolute atomic E-state index is 6.85. The van der Waals surface area contributed by atoms with Gasteiger partial charge < -0.3 is 9.80 Å². The Labute approximate surface area is 409 Å². The molecule has 0 fully saturated rings. The van der Waals surface area contributed by atoms with Crippen molar-refractivity contribution in [2.75, 3.05) is 9.80 Å². The van der Waals surface area contributed by atoms with Crippen LogP contribution in [0.25, 0.3) is 55.3 Å². The molecule has 0 radical (unpaired) electrons. The molecule has 0 heterocycles. The highest BCUT2D eigenvalue weighted by Gasteiger charge is 2.43. The molecule has 0 N–H and O–H groups in total. The van der Waals surface area contributed by atoms with E-state index in [1.807, 2.05) is 12.1 Å². The van der Waals surface area contributed by atoms with Crippen molar-refractivity contribution in [1.82, 2.24) is 0 Å². The molecule has 1 aliphatic rings. The lowest BCUT2D eigenvalue weighted by atomic mass is 9.71. The Morgan fingerprint density at radius 2 is 0.797 bits per heavy atom. The summed E-state index contributed by atoms with van der Waals surface area (Å²) in [5.41, 5.74) is 19.3. The fourth-order valence-corrected chi connectivity index (χ4v) is 10.9. The number of anilines is 6. The minimum Gasteiger partial charge on any atom is -0.310 e. The van der Waals surface area contributed by atoms with Gasteiger partial charge in [0, 0.05) is 44.6 Å². The third-order valence-electron chi connectivity index (χ3n) is 13.9. The van der Waals surface area contributed by atoms with Gasteiger partial charge in [0.1, 0.15) is 0 Å². The highest BCUT2D eigenvalue weighted by molar-refractivity contribution is 6.30. The topological polar surface area (TPSA) is 6.48 Å². The summed E-state index contributed by atoms with van der Waals surface area (Å²) >= 11 is 6.85. The van der Waals surface area contributed by atoms with Gasteiger partial charge >= 0.3 is 0 Å². The van der Waals surface area contributed by atoms with Crippen molar-refractivity contribution in [3.05, 3.63) is 289 Å². The van der Waals surface area contributed by atoms with Gasteiger partial charge in [0.05, 0.1) is 0 Å². The Hall–Kier alpha value is -8.43. The second kappa shape index (κ2) is 17.7. The average molecular weight is 904 g/mol. The van der Waals surface area contributed by atoms with Crippen molar-refractivity contribution in [2.45, 2.75) is 12.3 Å². The zero-order valence-corrected chi connectivity index (χ0v) is 38.9. The van der Waals surface area contributed by atoms with Crippen molar-refractivity contribution < 1.29 is 0 Å². The smallest absolute Gasteiger partial charge is 0.0482 e. The number of halogens is 1. The van der Waals surface area contributed by atoms with E-state index in [4.69, 9.17) is 11.6 Å². The molecule has 3 heteroatoms. The van der Waals surface area contributed by atoms with Crippen LogP contribution in [0.2, 0.25) is 5.02 Å². The number of nitrogens with zero attached hydrogens (tertiary/aromatic N) is 2. The molecule has 1 aliphatic carbocycles. The molecule has 69 heavy (non-hydrogen) atoms. The van der Waals surface area contributed by atoms with Gasteiger partial charge in [-0.15, -0.1) is 0 Å². The number of fused-ring (bicyclic) bond motifs is 4. The Morgan fingerprint density at radius 3 is 1.51 bits per heavy atom. The van der Waals surface area contributed by atoms with Gasteiger partial charge in [-0.25, -0.2) is 0 Å². The van der Waals surface area contributed by atoms with Gasteiger partial charge in [0.15, 0.2) is 0 Å². The SMILES string of the molecule is CC1(c2ccccc2)c2cc(-c3ccccc3)ccc2-c2cccc(-c3cccc(N(c4cccc(Cl)c4)c4cccc(N(c5ccccc5)c5cccc(-c6cccc7ccccc67)c5)c4)c3)c21. The minimum atomic E-state index is -0.421. The monoisotopic (exact) mass is 902 g/mol. The van der Waals surface area contributed by atoms with Crippen molar-refractivity contribution in [2.24, 2.45) is 0 Å². The average Bonchev–Trinajstić information content (AvgIpc) is 3.68. The Balaban J connectivity index is 0.996. The van der Waals surface area contributed by atoms with E-state index in [1.54, 1.807) is 0 Å². The first-order valence-electron chi connectivity index (χ1n) is 23.6. The molecule has 0 saturated carbocycles. The van der Waals surface area contributed by atoms with E-state index in [0.717, 1.165) is 45.3 Å². The van der Waals surface area contributed by atoms with Gasteiger partial charge in [-0.2, -0.15) is 0 Å². The Morgan fingerprint density at radius 1 is 0.319 bits per heavy atom. The third-order valence-corrected chi connectivity index (χ3v) is 14.2. The fourth-order valence-electron chi connectivity index (χ4n) is 10.7. The van der Waals surface area contributed by atoms with E-state index >= 15 is 0 Å². The molecule has 0 saturated heterocycles. The van der Waals surface area contributed by atoms with Crippen LogP contribution in [-0.4, -0.2) is 0 Å². The van der Waals surface area contributed by atoms with Crippen molar-refractivity contribution in [3.8, 4) is 44.5 Å². The summed E-state index contributed by atoms with van der Waals surface area (Å²) in [5, 5.41) is 3.13. The summed E-state index contributed by atoms with van der Waals surface area (Å²) in [6, 6.07) is 96.3. The van der Waals surface area contributed by atoms with Crippen molar-refractivity contribution in [1.29, 1.82) is 0 Å². The summed E-state index contributed by atoms with van der Waals surface area (Å²) in [6.07, 6.45) is 0. The second-order valence-corrected chi connectivity index (χ2v) is 18.4. The molecule has 12 rings (SSSR count). The normalized spacial score (nSPS) is 13.7. The number of hydrogen-bond donors (Lipinski definition) is 0. The maximum atomic E-state index is 6.85. The van der Waals surface area contributed by atoms with E-state index in [-0.39, 0.29) is 0 Å². The molecule has 0 aromatic heterocycles. The molecule has 0 aliphatic heterocycles. The van der Waals surface area contributed by atoms with Gasteiger partial charge in [-0.1, -0.05) is 200 Å². The lowest BCUT2D eigenvalue weighted by Gasteiger charge is -2.31. The largest absolute Gasteiger partial charge is 0.310 e. The molecule has 328 valence electrons. The molecule has 0 amide bonds. The van der Waals surface area contributed by atoms with E-state index in [9.17, 15) is 0 Å². The van der Waals surface area contributed by atoms with Crippen LogP contribution in [0.4, 0.5) is 34.1 Å². The van der Waals surface area contributed by atoms with Crippen LogP contribution in [0.3, 0.4) is 0 Å². The van der Waals surface area contributed by atoms with Gasteiger partial charge in [0.25, 0.3) is 0 Å². The molecule has 2 nitrogen and oxygen atoms in total. The molecule has 1 unspecified atom stereocenters. The predicted molar refractivity (Wildman–Crippen MR) is 292 cm³/mol. The number of para-hydroxylation sites is 1. The zero-order chi connectivity index (χ0) is 46.3. The van der Waals surface area contributed by atoms with E-state index < -0.39 is 5.41 Å². The molecule has 0 bridgehead atoms. The van der Waals surface area contributed by atoms with Crippen molar-refractivity contribution in [3.63, 3.8) is 0 Å². The van der Waals surface area contributed by atoms with Crippen LogP contribution < -0.4 is 9.80 Å². The van der Waals surface area contributed by atoms with Crippen LogP contribution in [0.1, 0.15) is 23.6 Å². The van der Waals surface area contributed by atoms with Gasteiger partial charge in [-0.05, 0) is 158 Å². The molecule has 1 atom stereocenters. The zero-order valence-electron chi connectivity index (χ0n) is 38.2. The first kappa shape index (κ1) is 42.0. The van der Waals surface area contributed by atoms with E-state index in [1.165, 1.54) is 60.8 Å². The molecular weight excluding hydrogens is 856 g/mol. The van der Waals surface area contributed by atoms with Crippen LogP contribution in [0.5, 0.6) is 0 Å². The highest BCUT2D eigenvalue weighted by Crippen LogP contribution is 2.56. The molecule has 11 aromatic rings. The minimum absolute atomic E-state index is 0.421. The van der Waals surface area contributed by atoms with Gasteiger partial charge in [-0.3, -0.25) is 0 Å². The van der Waals surface area contributed by atoms with Gasteiger partial charge in [0.2, 0.25) is 0 Å². The second-order valence-electron chi connectivity index (χ2n) is 18.0.